The third kappa shape index (κ3) is 4.61. The summed E-state index contributed by atoms with van der Waals surface area (Å²) >= 11 is 0.958. The highest BCUT2D eigenvalue weighted by molar-refractivity contribution is 7.17. The zero-order valence-electron chi connectivity index (χ0n) is 20.4. The van der Waals surface area contributed by atoms with E-state index in [1.54, 1.807) is 43.3 Å². The van der Waals surface area contributed by atoms with Crippen LogP contribution in [-0.4, -0.2) is 41.5 Å². The van der Waals surface area contributed by atoms with Gasteiger partial charge < -0.3 is 14.6 Å². The number of esters is 1. The first-order valence-electron chi connectivity index (χ1n) is 11.4. The second-order valence-electron chi connectivity index (χ2n) is 8.36. The number of methoxy groups -OCH3 is 1. The van der Waals surface area contributed by atoms with E-state index in [1.807, 2.05) is 26.0 Å². The van der Waals surface area contributed by atoms with Crippen LogP contribution in [0.25, 0.3) is 5.76 Å². The zero-order valence-corrected chi connectivity index (χ0v) is 21.2. The maximum Gasteiger partial charge on any atom is 0.350 e. The van der Waals surface area contributed by atoms with Gasteiger partial charge in [-0.2, -0.15) is 0 Å². The Labute approximate surface area is 212 Å². The van der Waals surface area contributed by atoms with Crippen molar-refractivity contribution in [3.63, 3.8) is 0 Å². The number of Topliss-reactive ketones (excluding diaryl/α,β-unsaturated/α-hetero) is 1. The van der Waals surface area contributed by atoms with E-state index in [-0.39, 0.29) is 21.3 Å². The van der Waals surface area contributed by atoms with E-state index in [0.717, 1.165) is 23.3 Å². The lowest BCUT2D eigenvalue weighted by molar-refractivity contribution is -0.132. The van der Waals surface area contributed by atoms with Gasteiger partial charge in [-0.1, -0.05) is 60.2 Å². The van der Waals surface area contributed by atoms with Gasteiger partial charge in [-0.25, -0.2) is 9.78 Å². The summed E-state index contributed by atoms with van der Waals surface area (Å²) in [5.74, 6) is -1.90. The molecule has 1 unspecified atom stereocenters. The number of nitrogens with zero attached hydrogens (tertiary/aromatic N) is 2. The third-order valence-electron chi connectivity index (χ3n) is 5.80. The normalized spacial score (nSPS) is 16.9. The van der Waals surface area contributed by atoms with Crippen LogP contribution in [0.4, 0.5) is 5.13 Å². The monoisotopic (exact) mass is 506 g/mol. The molecule has 1 aliphatic rings. The molecule has 1 amide bonds. The minimum absolute atomic E-state index is 0.0569. The maximum atomic E-state index is 13.3. The summed E-state index contributed by atoms with van der Waals surface area (Å²) in [6.07, 6.45) is 0.852. The Morgan fingerprint density at radius 1 is 1.08 bits per heavy atom. The van der Waals surface area contributed by atoms with Crippen LogP contribution >= 0.6 is 11.3 Å². The Bertz CT molecular complexity index is 1340. The summed E-state index contributed by atoms with van der Waals surface area (Å²) in [5, 5.41) is 11.4. The number of rotatable bonds is 7. The van der Waals surface area contributed by atoms with Gasteiger partial charge in [0.25, 0.3) is 5.78 Å². The van der Waals surface area contributed by atoms with E-state index in [4.69, 9.17) is 9.47 Å². The van der Waals surface area contributed by atoms with E-state index >= 15 is 0 Å². The van der Waals surface area contributed by atoms with Gasteiger partial charge in [0.05, 0.1) is 31.0 Å². The molecular weight excluding hydrogens is 480 g/mol. The molecule has 0 radical (unpaired) electrons. The second kappa shape index (κ2) is 10.3. The van der Waals surface area contributed by atoms with Gasteiger partial charge in [-0.3, -0.25) is 14.5 Å². The van der Waals surface area contributed by atoms with Gasteiger partial charge in [0.15, 0.2) is 5.13 Å². The fourth-order valence-electron chi connectivity index (χ4n) is 3.95. The minimum Gasteiger partial charge on any atom is -0.507 e. The standard InChI is InChI=1S/C27H26N2O6S/c1-5-14-35-19-12-10-17(11-13-19)21-20(22(30)18-8-6-15(2)7-9-18)23(31)25(32)29(21)27-28-16(3)24(36-27)26(33)34-4/h6-13,21,30H,5,14H2,1-4H3/b22-20+. The van der Waals surface area contributed by atoms with E-state index in [1.165, 1.54) is 12.0 Å². The lowest BCUT2D eigenvalue weighted by Gasteiger charge is -2.23. The molecule has 4 rings (SSSR count). The number of aromatic nitrogens is 1. The number of ether oxygens (including phenoxy) is 2. The third-order valence-corrected chi connectivity index (χ3v) is 6.94. The van der Waals surface area contributed by atoms with E-state index in [0.29, 0.717) is 29.2 Å². The molecule has 3 aromatic rings. The van der Waals surface area contributed by atoms with Crippen molar-refractivity contribution in [3.8, 4) is 5.75 Å². The number of hydrogen-bond acceptors (Lipinski definition) is 8. The van der Waals surface area contributed by atoms with E-state index in [9.17, 15) is 19.5 Å². The summed E-state index contributed by atoms with van der Waals surface area (Å²) in [6, 6.07) is 13.1. The highest BCUT2D eigenvalue weighted by Gasteiger charge is 2.48. The number of aryl methyl sites for hydroxylation is 2. The number of aliphatic hydroxyl groups is 1. The Hall–Kier alpha value is -3.98. The first-order chi connectivity index (χ1) is 17.3. The predicted molar refractivity (Wildman–Crippen MR) is 136 cm³/mol. The van der Waals surface area contributed by atoms with Crippen LogP contribution in [0.1, 0.15) is 51.4 Å². The summed E-state index contributed by atoms with van der Waals surface area (Å²) < 4.78 is 10.5. The van der Waals surface area contributed by atoms with Crippen LogP contribution < -0.4 is 9.64 Å². The zero-order chi connectivity index (χ0) is 26.0. The molecule has 0 aliphatic carbocycles. The Balaban J connectivity index is 1.88. The van der Waals surface area contributed by atoms with Crippen molar-refractivity contribution in [2.75, 3.05) is 18.6 Å². The fourth-order valence-corrected chi connectivity index (χ4v) is 4.96. The number of carbonyl (C=O) groups is 3. The lowest BCUT2D eigenvalue weighted by atomic mass is 9.95. The van der Waals surface area contributed by atoms with Gasteiger partial charge in [0, 0.05) is 5.56 Å². The van der Waals surface area contributed by atoms with Gasteiger partial charge >= 0.3 is 11.9 Å². The van der Waals surface area contributed by atoms with Gasteiger partial charge in [-0.05, 0) is 38.0 Å². The van der Waals surface area contributed by atoms with E-state index in [2.05, 4.69) is 4.98 Å². The first-order valence-corrected chi connectivity index (χ1v) is 12.2. The Morgan fingerprint density at radius 2 is 1.75 bits per heavy atom. The highest BCUT2D eigenvalue weighted by atomic mass is 32.1. The first kappa shape index (κ1) is 25.1. The van der Waals surface area contributed by atoms with Crippen LogP contribution in [0.15, 0.2) is 54.1 Å². The molecule has 0 spiro atoms. The molecule has 8 nitrogen and oxygen atoms in total. The minimum atomic E-state index is -0.956. The molecular formula is C27H26N2O6S. The number of ketones is 1. The summed E-state index contributed by atoms with van der Waals surface area (Å²) in [4.78, 5) is 44.7. The Morgan fingerprint density at radius 3 is 2.36 bits per heavy atom. The number of thiazole rings is 1. The number of anilines is 1. The molecule has 186 valence electrons. The molecule has 36 heavy (non-hydrogen) atoms. The number of hydrogen-bond donors (Lipinski definition) is 1. The highest BCUT2D eigenvalue weighted by Crippen LogP contribution is 2.44. The van der Waals surface area contributed by atoms with Crippen molar-refractivity contribution in [1.29, 1.82) is 0 Å². The van der Waals surface area contributed by atoms with Crippen molar-refractivity contribution in [1.82, 2.24) is 4.98 Å². The average Bonchev–Trinajstić information content (AvgIpc) is 3.39. The van der Waals surface area contributed by atoms with Crippen molar-refractivity contribution < 1.29 is 29.0 Å². The summed E-state index contributed by atoms with van der Waals surface area (Å²) in [7, 11) is 1.26. The van der Waals surface area contributed by atoms with Crippen LogP contribution in [0.5, 0.6) is 5.75 Å². The molecule has 1 N–H and O–H groups in total. The quantitative estimate of drug-likeness (QED) is 0.209. The van der Waals surface area contributed by atoms with Gasteiger partial charge in [-0.15, -0.1) is 0 Å². The molecule has 1 aromatic heterocycles. The molecule has 1 atom stereocenters. The van der Waals surface area contributed by atoms with Crippen LogP contribution in [0.3, 0.4) is 0 Å². The lowest BCUT2D eigenvalue weighted by Crippen LogP contribution is -2.29. The SMILES string of the molecule is CCCOc1ccc(C2/C(=C(\O)c3ccc(C)cc3)C(=O)C(=O)N2c2nc(C)c(C(=O)OC)s2)cc1. The number of benzene rings is 2. The number of aliphatic hydroxyl groups excluding tert-OH is 1. The van der Waals surface area contributed by atoms with Gasteiger partial charge in [0.2, 0.25) is 0 Å². The molecule has 2 aromatic carbocycles. The van der Waals surface area contributed by atoms with E-state index < -0.39 is 23.7 Å². The number of carbonyl (C=O) groups excluding carboxylic acids is 3. The maximum absolute atomic E-state index is 13.3. The van der Waals surface area contributed by atoms with Crippen molar-refractivity contribution >= 4 is 39.9 Å². The molecule has 9 heteroatoms. The molecule has 2 heterocycles. The van der Waals surface area contributed by atoms with Crippen LogP contribution in [-0.2, 0) is 14.3 Å². The van der Waals surface area contributed by atoms with Gasteiger partial charge in [0.1, 0.15) is 16.4 Å². The smallest absolute Gasteiger partial charge is 0.350 e. The van der Waals surface area contributed by atoms with Crippen LogP contribution in [0, 0.1) is 13.8 Å². The largest absolute Gasteiger partial charge is 0.507 e. The summed E-state index contributed by atoms with van der Waals surface area (Å²) in [5.41, 5.74) is 2.30. The number of amides is 1. The van der Waals surface area contributed by atoms with Crippen molar-refractivity contribution in [3.05, 3.63) is 81.4 Å². The van der Waals surface area contributed by atoms with Crippen LogP contribution in [0.2, 0.25) is 0 Å². The molecule has 0 saturated carbocycles. The second-order valence-corrected chi connectivity index (χ2v) is 9.33. The van der Waals surface area contributed by atoms with Crippen molar-refractivity contribution in [2.45, 2.75) is 33.2 Å². The molecule has 1 fully saturated rings. The summed E-state index contributed by atoms with van der Waals surface area (Å²) in [6.45, 7) is 6.10. The average molecular weight is 507 g/mol. The topological polar surface area (TPSA) is 106 Å². The van der Waals surface area contributed by atoms with Crippen molar-refractivity contribution in [2.24, 2.45) is 0 Å². The molecule has 1 aliphatic heterocycles. The predicted octanol–water partition coefficient (Wildman–Crippen LogP) is 4.96. The fraction of sp³-hybridized carbons (Fsp3) is 0.259. The molecule has 0 bridgehead atoms. The molecule has 1 saturated heterocycles. The Kier molecular flexibility index (Phi) is 7.21.